The van der Waals surface area contributed by atoms with Crippen molar-refractivity contribution in [3.63, 3.8) is 0 Å². The molecule has 0 fully saturated rings. The van der Waals surface area contributed by atoms with Crippen LogP contribution in [0.2, 0.25) is 0 Å². The number of nitrogens with zero attached hydrogens (tertiary/aromatic N) is 2. The Kier molecular flexibility index (Phi) is 7.27. The second kappa shape index (κ2) is 10.1. The van der Waals surface area contributed by atoms with E-state index in [-0.39, 0.29) is 17.2 Å². The Morgan fingerprint density at radius 1 is 1.29 bits per heavy atom. The second-order valence-corrected chi connectivity index (χ2v) is 7.01. The van der Waals surface area contributed by atoms with Crippen molar-refractivity contribution >= 4 is 28.6 Å². The molecule has 0 spiro atoms. The highest BCUT2D eigenvalue weighted by atomic mass is 32.2. The average molecular weight is 401 g/mol. The molecule has 0 aliphatic rings. The van der Waals surface area contributed by atoms with Crippen LogP contribution in [-0.4, -0.2) is 34.4 Å². The quantitative estimate of drug-likeness (QED) is 0.319. The van der Waals surface area contributed by atoms with Crippen LogP contribution in [0.4, 0.5) is 0 Å². The predicted molar refractivity (Wildman–Crippen MR) is 108 cm³/mol. The highest BCUT2D eigenvalue weighted by molar-refractivity contribution is 7.99. The maximum absolute atomic E-state index is 12.9. The lowest BCUT2D eigenvalue weighted by Gasteiger charge is -2.13. The van der Waals surface area contributed by atoms with Crippen molar-refractivity contribution in [2.24, 2.45) is 0 Å². The molecule has 28 heavy (non-hydrogen) atoms. The topological polar surface area (TPSA) is 86.4 Å². The van der Waals surface area contributed by atoms with Crippen LogP contribution in [0.1, 0.15) is 19.1 Å². The van der Waals surface area contributed by atoms with Crippen molar-refractivity contribution in [3.8, 4) is 0 Å². The fourth-order valence-electron chi connectivity index (χ4n) is 2.70. The molecule has 1 amide bonds. The number of aromatic nitrogens is 2. The van der Waals surface area contributed by atoms with Gasteiger partial charge >= 0.3 is 0 Å². The molecule has 1 aromatic carbocycles. The van der Waals surface area contributed by atoms with Gasteiger partial charge in [-0.25, -0.2) is 4.98 Å². The highest BCUT2D eigenvalue weighted by Crippen LogP contribution is 2.18. The number of carbonyl (C=O) groups excluding carboxylic acids is 1. The first-order valence-corrected chi connectivity index (χ1v) is 10.2. The van der Waals surface area contributed by atoms with Gasteiger partial charge in [-0.2, -0.15) is 0 Å². The molecule has 8 heteroatoms. The molecule has 0 radical (unpaired) electrons. The lowest BCUT2D eigenvalue weighted by molar-refractivity contribution is -0.118. The third kappa shape index (κ3) is 5.24. The minimum absolute atomic E-state index is 0.0967. The lowest BCUT2D eigenvalue weighted by atomic mass is 10.2. The maximum atomic E-state index is 12.9. The van der Waals surface area contributed by atoms with Crippen LogP contribution < -0.4 is 10.9 Å². The highest BCUT2D eigenvalue weighted by Gasteiger charge is 2.13. The van der Waals surface area contributed by atoms with E-state index >= 15 is 0 Å². The fraction of sp³-hybridized carbons (Fsp3) is 0.350. The number of rotatable bonds is 10. The molecule has 0 unspecified atom stereocenters. The van der Waals surface area contributed by atoms with E-state index in [1.54, 1.807) is 29.0 Å². The number of furan rings is 1. The van der Waals surface area contributed by atoms with E-state index in [4.69, 9.17) is 9.15 Å². The number of thioether (sulfide) groups is 1. The van der Waals surface area contributed by atoms with Crippen molar-refractivity contribution in [2.75, 3.05) is 19.0 Å². The van der Waals surface area contributed by atoms with E-state index in [1.807, 2.05) is 25.1 Å². The summed E-state index contributed by atoms with van der Waals surface area (Å²) in [6.07, 6.45) is 2.27. The molecule has 0 saturated heterocycles. The summed E-state index contributed by atoms with van der Waals surface area (Å²) in [5.74, 6) is 0.705. The molecule has 0 bridgehead atoms. The average Bonchev–Trinajstić information content (AvgIpc) is 3.23. The molecule has 1 N–H and O–H groups in total. The van der Waals surface area contributed by atoms with E-state index < -0.39 is 0 Å². The number of hydrogen-bond donors (Lipinski definition) is 1. The molecular formula is C20H23N3O4S. The third-order valence-corrected chi connectivity index (χ3v) is 5.05. The van der Waals surface area contributed by atoms with Gasteiger partial charge in [0.1, 0.15) is 5.76 Å². The number of ether oxygens (including phenoxy) is 1. The van der Waals surface area contributed by atoms with Crippen molar-refractivity contribution in [1.82, 2.24) is 14.9 Å². The molecule has 7 nitrogen and oxygen atoms in total. The van der Waals surface area contributed by atoms with Crippen LogP contribution in [0.25, 0.3) is 10.9 Å². The van der Waals surface area contributed by atoms with E-state index in [0.29, 0.717) is 54.5 Å². The number of carbonyl (C=O) groups is 1. The summed E-state index contributed by atoms with van der Waals surface area (Å²) < 4.78 is 12.2. The number of fused-ring (bicyclic) bond motifs is 1. The van der Waals surface area contributed by atoms with Crippen LogP contribution in [-0.2, 0) is 22.6 Å². The number of benzene rings is 1. The summed E-state index contributed by atoms with van der Waals surface area (Å²) >= 11 is 1.25. The van der Waals surface area contributed by atoms with Gasteiger partial charge in [-0.05, 0) is 37.6 Å². The number of amides is 1. The smallest absolute Gasteiger partial charge is 0.262 e. The van der Waals surface area contributed by atoms with Gasteiger partial charge < -0.3 is 14.5 Å². The Bertz CT molecular complexity index is 969. The molecule has 3 aromatic rings. The summed E-state index contributed by atoms with van der Waals surface area (Å²) in [6.45, 7) is 3.98. The molecule has 2 heterocycles. The SMILES string of the molecule is CCOCCCn1c(SCC(=O)NCc2ccco2)nc2ccccc2c1=O. The largest absolute Gasteiger partial charge is 0.467 e. The van der Waals surface area contributed by atoms with Crippen molar-refractivity contribution in [3.05, 3.63) is 58.8 Å². The molecule has 0 aliphatic heterocycles. The first-order chi connectivity index (χ1) is 13.7. The standard InChI is InChI=1S/C20H23N3O4S/c1-2-26-11-6-10-23-19(25)16-8-3-4-9-17(16)22-20(23)28-14-18(24)21-13-15-7-5-12-27-15/h3-5,7-9,12H,2,6,10-11,13-14H2,1H3,(H,21,24). The first kappa shape index (κ1) is 20.2. The van der Waals surface area contributed by atoms with E-state index in [2.05, 4.69) is 10.3 Å². The summed E-state index contributed by atoms with van der Waals surface area (Å²) in [4.78, 5) is 29.7. The van der Waals surface area contributed by atoms with Crippen LogP contribution >= 0.6 is 11.8 Å². The Morgan fingerprint density at radius 3 is 2.93 bits per heavy atom. The Labute approximate surface area is 167 Å². The Hall–Kier alpha value is -2.58. The van der Waals surface area contributed by atoms with Gasteiger partial charge in [0.2, 0.25) is 5.91 Å². The molecule has 0 aliphatic carbocycles. The number of hydrogen-bond acceptors (Lipinski definition) is 6. The molecule has 2 aromatic heterocycles. The summed E-state index contributed by atoms with van der Waals surface area (Å²) in [6, 6.07) is 10.8. The Balaban J connectivity index is 1.72. The summed E-state index contributed by atoms with van der Waals surface area (Å²) in [5, 5.41) is 3.91. The van der Waals surface area contributed by atoms with Gasteiger partial charge in [0.25, 0.3) is 5.56 Å². The van der Waals surface area contributed by atoms with Gasteiger partial charge in [-0.1, -0.05) is 23.9 Å². The van der Waals surface area contributed by atoms with E-state index in [0.717, 1.165) is 0 Å². The fourth-order valence-corrected chi connectivity index (χ4v) is 3.56. The van der Waals surface area contributed by atoms with Gasteiger partial charge in [-0.15, -0.1) is 0 Å². The third-order valence-electron chi connectivity index (χ3n) is 4.07. The van der Waals surface area contributed by atoms with Gasteiger partial charge in [0, 0.05) is 19.8 Å². The van der Waals surface area contributed by atoms with Crippen LogP contribution in [0, 0.1) is 0 Å². The van der Waals surface area contributed by atoms with Gasteiger partial charge in [-0.3, -0.25) is 14.2 Å². The first-order valence-electron chi connectivity index (χ1n) is 9.18. The zero-order valence-corrected chi connectivity index (χ0v) is 16.5. The Morgan fingerprint density at radius 2 is 2.14 bits per heavy atom. The van der Waals surface area contributed by atoms with Crippen molar-refractivity contribution in [2.45, 2.75) is 31.6 Å². The maximum Gasteiger partial charge on any atom is 0.262 e. The second-order valence-electron chi connectivity index (χ2n) is 6.06. The predicted octanol–water partition coefficient (Wildman–Crippen LogP) is 2.82. The molecular weight excluding hydrogens is 378 g/mol. The zero-order valence-electron chi connectivity index (χ0n) is 15.7. The number of para-hydroxylation sites is 1. The van der Waals surface area contributed by atoms with E-state index in [1.165, 1.54) is 11.8 Å². The molecule has 148 valence electrons. The monoisotopic (exact) mass is 401 g/mol. The van der Waals surface area contributed by atoms with Crippen LogP contribution in [0.15, 0.2) is 57.0 Å². The van der Waals surface area contributed by atoms with Crippen LogP contribution in [0.5, 0.6) is 0 Å². The van der Waals surface area contributed by atoms with Crippen molar-refractivity contribution < 1.29 is 13.9 Å². The van der Waals surface area contributed by atoms with E-state index in [9.17, 15) is 9.59 Å². The van der Waals surface area contributed by atoms with Gasteiger partial charge in [0.05, 0.1) is 29.5 Å². The van der Waals surface area contributed by atoms with Crippen molar-refractivity contribution in [1.29, 1.82) is 0 Å². The summed E-state index contributed by atoms with van der Waals surface area (Å²) in [5.41, 5.74) is 0.535. The normalized spacial score (nSPS) is 11.0. The van der Waals surface area contributed by atoms with Crippen LogP contribution in [0.3, 0.4) is 0 Å². The van der Waals surface area contributed by atoms with Gasteiger partial charge in [0.15, 0.2) is 5.16 Å². The summed E-state index contributed by atoms with van der Waals surface area (Å²) in [7, 11) is 0. The molecule has 0 atom stereocenters. The molecule has 3 rings (SSSR count). The minimum Gasteiger partial charge on any atom is -0.467 e. The lowest BCUT2D eigenvalue weighted by Crippen LogP contribution is -2.27. The molecule has 0 saturated carbocycles. The zero-order chi connectivity index (χ0) is 19.8. The number of nitrogens with one attached hydrogen (secondary N) is 1. The minimum atomic E-state index is -0.148.